The lowest BCUT2D eigenvalue weighted by atomic mass is 9.98. The van der Waals surface area contributed by atoms with Gasteiger partial charge in [-0.3, -0.25) is 4.98 Å². The number of aryl methyl sites for hydroxylation is 3. The van der Waals surface area contributed by atoms with Crippen LogP contribution in [0.25, 0.3) is 22.0 Å². The maximum atomic E-state index is 15.1. The Bertz CT molecular complexity index is 1260. The van der Waals surface area contributed by atoms with Gasteiger partial charge in [-0.15, -0.1) is 0 Å². The zero-order valence-electron chi connectivity index (χ0n) is 18.1. The second-order valence-electron chi connectivity index (χ2n) is 7.92. The summed E-state index contributed by atoms with van der Waals surface area (Å²) in [7, 11) is 0. The van der Waals surface area contributed by atoms with Gasteiger partial charge in [0.1, 0.15) is 5.82 Å². The summed E-state index contributed by atoms with van der Waals surface area (Å²) in [4.78, 5) is 4.53. The molecule has 3 aromatic carbocycles. The smallest absolute Gasteiger partial charge is 0.387 e. The third-order valence-corrected chi connectivity index (χ3v) is 5.59. The maximum Gasteiger partial charge on any atom is 0.387 e. The van der Waals surface area contributed by atoms with Crippen LogP contribution < -0.4 is 4.74 Å². The number of fused-ring (bicyclic) bond motifs is 1. The van der Waals surface area contributed by atoms with E-state index in [2.05, 4.69) is 22.7 Å². The number of nitrogens with zero attached hydrogens (tertiary/aromatic N) is 1. The SMILES string of the molecule is CCCc1ccc(-c2ccc3c(F)c(CCc4ccc(OC(F)F)c(F)c4)ccc3c2)nc1. The molecule has 0 aliphatic heterocycles. The molecule has 4 aromatic rings. The first-order valence-electron chi connectivity index (χ1n) is 10.8. The van der Waals surface area contributed by atoms with Crippen molar-refractivity contribution < 1.29 is 22.3 Å². The van der Waals surface area contributed by atoms with Gasteiger partial charge in [0.05, 0.1) is 5.69 Å². The number of hydrogen-bond donors (Lipinski definition) is 0. The van der Waals surface area contributed by atoms with Gasteiger partial charge in [-0.2, -0.15) is 8.78 Å². The molecular weight excluding hydrogens is 430 g/mol. The van der Waals surface area contributed by atoms with Crippen molar-refractivity contribution in [2.75, 3.05) is 0 Å². The van der Waals surface area contributed by atoms with Gasteiger partial charge < -0.3 is 4.74 Å². The van der Waals surface area contributed by atoms with Crippen LogP contribution in [0, 0.1) is 11.6 Å². The lowest BCUT2D eigenvalue weighted by Gasteiger charge is -2.10. The Morgan fingerprint density at radius 2 is 1.67 bits per heavy atom. The van der Waals surface area contributed by atoms with E-state index >= 15 is 4.39 Å². The van der Waals surface area contributed by atoms with Crippen molar-refractivity contribution in [3.8, 4) is 17.0 Å². The normalized spacial score (nSPS) is 11.3. The molecule has 2 nitrogen and oxygen atoms in total. The van der Waals surface area contributed by atoms with Crippen molar-refractivity contribution in [3.05, 3.63) is 95.2 Å². The zero-order valence-corrected chi connectivity index (χ0v) is 18.1. The van der Waals surface area contributed by atoms with Crippen LogP contribution in [0.15, 0.2) is 66.9 Å². The standard InChI is InChI=1S/C27H23F4NO/c1-2-3-18-5-12-24(32-16-18)21-10-11-22-20(15-21)9-8-19(26(22)29)7-4-17-6-13-25(23(28)14-17)33-27(30)31/h5-6,8-16,27H,2-4,7H2,1H3. The van der Waals surface area contributed by atoms with Gasteiger partial charge in [0, 0.05) is 17.1 Å². The number of ether oxygens (including phenoxy) is 1. The van der Waals surface area contributed by atoms with E-state index in [0.717, 1.165) is 41.6 Å². The fourth-order valence-corrected chi connectivity index (χ4v) is 3.89. The largest absolute Gasteiger partial charge is 0.432 e. The topological polar surface area (TPSA) is 22.1 Å². The lowest BCUT2D eigenvalue weighted by molar-refractivity contribution is -0.0522. The molecule has 1 aromatic heterocycles. The molecule has 0 aliphatic carbocycles. The van der Waals surface area contributed by atoms with E-state index in [0.29, 0.717) is 29.4 Å². The third kappa shape index (κ3) is 5.33. The highest BCUT2D eigenvalue weighted by molar-refractivity contribution is 5.88. The molecule has 4 rings (SSSR count). The highest BCUT2D eigenvalue weighted by Gasteiger charge is 2.12. The van der Waals surface area contributed by atoms with E-state index in [1.165, 1.54) is 11.6 Å². The van der Waals surface area contributed by atoms with Gasteiger partial charge in [-0.1, -0.05) is 49.7 Å². The molecule has 0 unspecified atom stereocenters. The van der Waals surface area contributed by atoms with Gasteiger partial charge in [0.25, 0.3) is 0 Å². The van der Waals surface area contributed by atoms with E-state index in [1.807, 2.05) is 30.5 Å². The first kappa shape index (κ1) is 22.8. The Morgan fingerprint density at radius 3 is 2.36 bits per heavy atom. The fourth-order valence-electron chi connectivity index (χ4n) is 3.89. The summed E-state index contributed by atoms with van der Waals surface area (Å²) in [5.74, 6) is -1.69. The maximum absolute atomic E-state index is 15.1. The second kappa shape index (κ2) is 10.0. The van der Waals surface area contributed by atoms with Crippen molar-refractivity contribution in [2.24, 2.45) is 0 Å². The molecule has 0 spiro atoms. The van der Waals surface area contributed by atoms with Crippen LogP contribution in [0.4, 0.5) is 17.6 Å². The zero-order chi connectivity index (χ0) is 23.4. The highest BCUT2D eigenvalue weighted by Crippen LogP contribution is 2.28. The fraction of sp³-hybridized carbons (Fsp3) is 0.222. The van der Waals surface area contributed by atoms with Crippen molar-refractivity contribution >= 4 is 10.8 Å². The molecule has 0 atom stereocenters. The number of rotatable bonds is 8. The monoisotopic (exact) mass is 453 g/mol. The van der Waals surface area contributed by atoms with E-state index in [1.54, 1.807) is 12.1 Å². The molecule has 0 saturated carbocycles. The van der Waals surface area contributed by atoms with E-state index < -0.39 is 18.2 Å². The Kier molecular flexibility index (Phi) is 6.92. The van der Waals surface area contributed by atoms with Gasteiger partial charge in [-0.05, 0) is 65.6 Å². The van der Waals surface area contributed by atoms with Crippen LogP contribution in [0.5, 0.6) is 5.75 Å². The van der Waals surface area contributed by atoms with Gasteiger partial charge in [0.15, 0.2) is 11.6 Å². The molecule has 33 heavy (non-hydrogen) atoms. The van der Waals surface area contributed by atoms with Gasteiger partial charge in [-0.25, -0.2) is 8.78 Å². The van der Waals surface area contributed by atoms with Crippen LogP contribution >= 0.6 is 0 Å². The number of halogens is 4. The minimum Gasteiger partial charge on any atom is -0.432 e. The first-order valence-corrected chi connectivity index (χ1v) is 10.8. The minimum absolute atomic E-state index is 0.316. The van der Waals surface area contributed by atoms with Crippen LogP contribution in [0.3, 0.4) is 0 Å². The van der Waals surface area contributed by atoms with Crippen LogP contribution in [0.1, 0.15) is 30.0 Å². The predicted molar refractivity (Wildman–Crippen MR) is 122 cm³/mol. The Balaban J connectivity index is 1.51. The summed E-state index contributed by atoms with van der Waals surface area (Å²) < 4.78 is 57.7. The number of benzene rings is 3. The van der Waals surface area contributed by atoms with Crippen LogP contribution in [-0.2, 0) is 19.3 Å². The molecule has 0 radical (unpaired) electrons. The third-order valence-electron chi connectivity index (χ3n) is 5.59. The molecule has 170 valence electrons. The number of pyridine rings is 1. The van der Waals surface area contributed by atoms with Gasteiger partial charge >= 0.3 is 6.61 Å². The molecule has 1 heterocycles. The molecular formula is C27H23F4NO. The molecule has 0 saturated heterocycles. The summed E-state index contributed by atoms with van der Waals surface area (Å²) in [6.45, 7) is -0.964. The highest BCUT2D eigenvalue weighted by atomic mass is 19.3. The summed E-state index contributed by atoms with van der Waals surface area (Å²) in [6.07, 6.45) is 4.63. The molecule has 0 N–H and O–H groups in total. The molecule has 0 fully saturated rings. The summed E-state index contributed by atoms with van der Waals surface area (Å²) >= 11 is 0. The van der Waals surface area contributed by atoms with Crippen molar-refractivity contribution in [2.45, 2.75) is 39.2 Å². The van der Waals surface area contributed by atoms with Crippen LogP contribution in [0.2, 0.25) is 0 Å². The summed E-state index contributed by atoms with van der Waals surface area (Å²) in [6, 6.07) is 17.0. The van der Waals surface area contributed by atoms with Crippen LogP contribution in [-0.4, -0.2) is 11.6 Å². The average molecular weight is 453 g/mol. The number of aromatic nitrogens is 1. The quantitative estimate of drug-likeness (QED) is 0.258. The Hall–Kier alpha value is -3.41. The summed E-state index contributed by atoms with van der Waals surface area (Å²) in [5.41, 5.74) is 4.02. The van der Waals surface area contributed by atoms with Crippen molar-refractivity contribution in [1.82, 2.24) is 4.98 Å². The average Bonchev–Trinajstić information content (AvgIpc) is 2.80. The van der Waals surface area contributed by atoms with E-state index in [9.17, 15) is 13.2 Å². The minimum atomic E-state index is -3.09. The summed E-state index contributed by atoms with van der Waals surface area (Å²) in [5, 5.41) is 1.28. The molecule has 0 aliphatic rings. The lowest BCUT2D eigenvalue weighted by Crippen LogP contribution is -2.04. The molecule has 0 amide bonds. The Morgan fingerprint density at radius 1 is 0.848 bits per heavy atom. The number of alkyl halides is 2. The number of hydrogen-bond acceptors (Lipinski definition) is 2. The first-order chi connectivity index (χ1) is 15.9. The molecule has 0 bridgehead atoms. The Labute approximate surface area is 189 Å². The van der Waals surface area contributed by atoms with E-state index in [4.69, 9.17) is 0 Å². The second-order valence-corrected chi connectivity index (χ2v) is 7.92. The van der Waals surface area contributed by atoms with E-state index in [-0.39, 0.29) is 5.82 Å². The predicted octanol–water partition coefficient (Wildman–Crippen LogP) is 7.52. The molecule has 6 heteroatoms. The van der Waals surface area contributed by atoms with Gasteiger partial charge in [0.2, 0.25) is 0 Å². The van der Waals surface area contributed by atoms with Crippen molar-refractivity contribution in [3.63, 3.8) is 0 Å². The van der Waals surface area contributed by atoms with Crippen molar-refractivity contribution in [1.29, 1.82) is 0 Å².